The highest BCUT2D eigenvalue weighted by molar-refractivity contribution is 5.78. The Bertz CT molecular complexity index is 858. The molecule has 1 amide bonds. The van der Waals surface area contributed by atoms with Crippen molar-refractivity contribution in [2.75, 3.05) is 32.7 Å². The molecule has 2 saturated heterocycles. The second-order valence-electron chi connectivity index (χ2n) is 10.6. The fourth-order valence-electron chi connectivity index (χ4n) is 6.55. The van der Waals surface area contributed by atoms with Crippen LogP contribution in [0, 0.1) is 5.41 Å². The van der Waals surface area contributed by atoms with Crippen molar-refractivity contribution in [3.8, 4) is 0 Å². The number of carbonyl (C=O) groups excluding carboxylic acids is 1. The number of piperidine rings is 1. The summed E-state index contributed by atoms with van der Waals surface area (Å²) in [6, 6.07) is 1.75. The summed E-state index contributed by atoms with van der Waals surface area (Å²) in [5.41, 5.74) is 1.51. The Hall–Kier alpha value is -1.69. The van der Waals surface area contributed by atoms with E-state index in [1.54, 1.807) is 6.07 Å². The predicted molar refractivity (Wildman–Crippen MR) is 121 cm³/mol. The molecule has 1 spiro atoms. The van der Waals surface area contributed by atoms with Crippen molar-refractivity contribution >= 4 is 5.91 Å². The molecule has 170 valence electrons. The summed E-state index contributed by atoms with van der Waals surface area (Å²) in [4.78, 5) is 35.2. The molecule has 4 heterocycles. The molecule has 6 heteroatoms. The van der Waals surface area contributed by atoms with Gasteiger partial charge in [0.25, 0.3) is 5.56 Å². The van der Waals surface area contributed by atoms with E-state index in [4.69, 9.17) is 4.98 Å². The van der Waals surface area contributed by atoms with Gasteiger partial charge in [0.15, 0.2) is 0 Å². The van der Waals surface area contributed by atoms with Crippen molar-refractivity contribution < 1.29 is 4.79 Å². The molecule has 1 saturated carbocycles. The van der Waals surface area contributed by atoms with Gasteiger partial charge in [-0.2, -0.15) is 0 Å². The van der Waals surface area contributed by atoms with E-state index in [1.165, 1.54) is 44.9 Å². The summed E-state index contributed by atoms with van der Waals surface area (Å²) in [6.07, 6.45) is 14.4. The minimum Gasteiger partial charge on any atom is -0.341 e. The smallest absolute Gasteiger partial charge is 0.253 e. The van der Waals surface area contributed by atoms with Crippen LogP contribution < -0.4 is 5.56 Å². The van der Waals surface area contributed by atoms with Crippen LogP contribution in [0.4, 0.5) is 0 Å². The zero-order valence-electron chi connectivity index (χ0n) is 19.0. The zero-order chi connectivity index (χ0) is 21.3. The molecule has 3 aliphatic heterocycles. The van der Waals surface area contributed by atoms with Crippen LogP contribution in [-0.2, 0) is 17.8 Å². The monoisotopic (exact) mass is 426 g/mol. The van der Waals surface area contributed by atoms with Gasteiger partial charge in [-0.25, -0.2) is 4.98 Å². The van der Waals surface area contributed by atoms with Crippen molar-refractivity contribution in [2.45, 2.75) is 89.5 Å². The number of aryl methyl sites for hydroxylation is 1. The van der Waals surface area contributed by atoms with Gasteiger partial charge in [-0.3, -0.25) is 19.1 Å². The van der Waals surface area contributed by atoms with Crippen LogP contribution in [0.5, 0.6) is 0 Å². The van der Waals surface area contributed by atoms with Gasteiger partial charge in [-0.15, -0.1) is 0 Å². The standard InChI is InChI=1S/C25H38N4O2/c30-23-16-21(26-22-9-3-1-6-14-29(22)23)20-8-7-13-28(17-20)24(31)18-27-15-12-25(19-27)10-4-2-5-11-25/h16,20H,1-15,17-19H2/t20-/m1/s1. The lowest BCUT2D eigenvalue weighted by molar-refractivity contribution is -0.133. The minimum atomic E-state index is 0.0974. The van der Waals surface area contributed by atoms with Crippen molar-refractivity contribution in [1.29, 1.82) is 0 Å². The number of aromatic nitrogens is 2. The fourth-order valence-corrected chi connectivity index (χ4v) is 6.55. The molecule has 0 aromatic carbocycles. The third kappa shape index (κ3) is 4.59. The molecule has 0 N–H and O–H groups in total. The lowest BCUT2D eigenvalue weighted by Gasteiger charge is -2.35. The summed E-state index contributed by atoms with van der Waals surface area (Å²) < 4.78 is 1.87. The molecule has 0 radical (unpaired) electrons. The van der Waals surface area contributed by atoms with Crippen LogP contribution >= 0.6 is 0 Å². The first kappa shape index (κ1) is 21.2. The highest BCUT2D eigenvalue weighted by Crippen LogP contribution is 2.43. The molecule has 3 fully saturated rings. The molecule has 1 atom stereocenters. The van der Waals surface area contributed by atoms with Crippen molar-refractivity contribution in [3.05, 3.63) is 27.9 Å². The average molecular weight is 427 g/mol. The molecule has 0 bridgehead atoms. The largest absolute Gasteiger partial charge is 0.341 e. The maximum absolute atomic E-state index is 13.1. The van der Waals surface area contributed by atoms with Gasteiger partial charge in [0.1, 0.15) is 5.82 Å². The van der Waals surface area contributed by atoms with Gasteiger partial charge in [0.2, 0.25) is 5.91 Å². The Morgan fingerprint density at radius 2 is 1.84 bits per heavy atom. The third-order valence-corrected chi connectivity index (χ3v) is 8.37. The first-order chi connectivity index (χ1) is 15.1. The summed E-state index contributed by atoms with van der Waals surface area (Å²) in [6.45, 7) is 5.11. The molecule has 1 aliphatic carbocycles. The topological polar surface area (TPSA) is 58.4 Å². The van der Waals surface area contributed by atoms with Crippen LogP contribution in [0.1, 0.15) is 88.1 Å². The van der Waals surface area contributed by atoms with E-state index >= 15 is 0 Å². The van der Waals surface area contributed by atoms with Crippen molar-refractivity contribution in [2.24, 2.45) is 5.41 Å². The predicted octanol–water partition coefficient (Wildman–Crippen LogP) is 3.33. The van der Waals surface area contributed by atoms with Crippen LogP contribution in [0.3, 0.4) is 0 Å². The molecular formula is C25H38N4O2. The molecule has 1 aromatic rings. The van der Waals surface area contributed by atoms with E-state index in [2.05, 4.69) is 4.90 Å². The SMILES string of the molecule is O=C(CN1CCC2(CCCCC2)C1)N1CCC[C@@H](c2cc(=O)n3c(n2)CCCCC3)C1. The van der Waals surface area contributed by atoms with Gasteiger partial charge < -0.3 is 4.90 Å². The van der Waals surface area contributed by atoms with Crippen LogP contribution in [0.25, 0.3) is 0 Å². The first-order valence-electron chi connectivity index (χ1n) is 12.7. The van der Waals surface area contributed by atoms with Gasteiger partial charge in [0, 0.05) is 44.6 Å². The van der Waals surface area contributed by atoms with Gasteiger partial charge >= 0.3 is 0 Å². The lowest BCUT2D eigenvalue weighted by atomic mass is 9.73. The van der Waals surface area contributed by atoms with Crippen molar-refractivity contribution in [3.63, 3.8) is 0 Å². The molecular weight excluding hydrogens is 388 g/mol. The number of rotatable bonds is 3. The Labute approximate surface area is 186 Å². The van der Waals surface area contributed by atoms with Gasteiger partial charge in [-0.05, 0) is 56.9 Å². The van der Waals surface area contributed by atoms with Crippen LogP contribution in [0.15, 0.2) is 10.9 Å². The molecule has 6 nitrogen and oxygen atoms in total. The Morgan fingerprint density at radius 3 is 2.71 bits per heavy atom. The molecule has 1 aromatic heterocycles. The summed E-state index contributed by atoms with van der Waals surface area (Å²) in [5, 5.41) is 0. The van der Waals surface area contributed by atoms with Crippen molar-refractivity contribution in [1.82, 2.24) is 19.4 Å². The molecule has 0 unspecified atom stereocenters. The normalized spacial score (nSPS) is 26.6. The number of amides is 1. The summed E-state index contributed by atoms with van der Waals surface area (Å²) >= 11 is 0. The van der Waals surface area contributed by atoms with E-state index in [0.29, 0.717) is 18.5 Å². The van der Waals surface area contributed by atoms with Crippen LogP contribution in [-0.4, -0.2) is 58.0 Å². The number of hydrogen-bond acceptors (Lipinski definition) is 4. The number of likely N-dealkylation sites (tertiary alicyclic amines) is 2. The second kappa shape index (κ2) is 9.05. The Balaban J connectivity index is 1.22. The molecule has 5 rings (SSSR count). The Kier molecular flexibility index (Phi) is 6.18. The lowest BCUT2D eigenvalue weighted by Crippen LogP contribution is -2.45. The third-order valence-electron chi connectivity index (χ3n) is 8.37. The fraction of sp³-hybridized carbons (Fsp3) is 0.800. The van der Waals surface area contributed by atoms with Gasteiger partial charge in [0.05, 0.1) is 12.2 Å². The van der Waals surface area contributed by atoms with E-state index < -0.39 is 0 Å². The number of carbonyl (C=O) groups is 1. The van der Waals surface area contributed by atoms with E-state index in [1.807, 2.05) is 9.47 Å². The Morgan fingerprint density at radius 1 is 1.00 bits per heavy atom. The maximum Gasteiger partial charge on any atom is 0.253 e. The highest BCUT2D eigenvalue weighted by Gasteiger charge is 2.39. The van der Waals surface area contributed by atoms with E-state index in [-0.39, 0.29) is 17.4 Å². The molecule has 31 heavy (non-hydrogen) atoms. The van der Waals surface area contributed by atoms with Gasteiger partial charge in [-0.1, -0.05) is 25.7 Å². The molecule has 4 aliphatic rings. The first-order valence-corrected chi connectivity index (χ1v) is 12.7. The number of hydrogen-bond donors (Lipinski definition) is 0. The average Bonchev–Trinajstić information content (AvgIpc) is 3.00. The van der Waals surface area contributed by atoms with E-state index in [9.17, 15) is 9.59 Å². The second-order valence-corrected chi connectivity index (χ2v) is 10.6. The summed E-state index contributed by atoms with van der Waals surface area (Å²) in [7, 11) is 0. The summed E-state index contributed by atoms with van der Waals surface area (Å²) in [5.74, 6) is 1.42. The number of fused-ring (bicyclic) bond motifs is 1. The maximum atomic E-state index is 13.1. The minimum absolute atomic E-state index is 0.0974. The quantitative estimate of drug-likeness (QED) is 0.744. The number of nitrogens with zero attached hydrogens (tertiary/aromatic N) is 4. The zero-order valence-corrected chi connectivity index (χ0v) is 19.0. The van der Waals surface area contributed by atoms with Crippen LogP contribution in [0.2, 0.25) is 0 Å². The highest BCUT2D eigenvalue weighted by atomic mass is 16.2. The van der Waals surface area contributed by atoms with E-state index in [0.717, 1.165) is 69.8 Å².